The van der Waals surface area contributed by atoms with Crippen LogP contribution in [0, 0.1) is 37.7 Å². The maximum absolute atomic E-state index is 10.4. The molecule has 88 valence electrons. The summed E-state index contributed by atoms with van der Waals surface area (Å²) in [7, 11) is -4.30. The maximum Gasteiger partial charge on any atom is 0.351 e. The molecule has 0 saturated carbocycles. The van der Waals surface area contributed by atoms with E-state index in [0.717, 1.165) is 6.61 Å². The molecule has 0 amide bonds. The Hall–Kier alpha value is 1.04. The van der Waals surface area contributed by atoms with Crippen LogP contribution in [0.2, 0.25) is 0 Å². The van der Waals surface area contributed by atoms with Gasteiger partial charge in [-0.2, -0.15) is 6.61 Å². The average molecular weight is 465 g/mol. The summed E-state index contributed by atoms with van der Waals surface area (Å²) in [5, 5.41) is 18.7. The van der Waals surface area contributed by atoms with Crippen molar-refractivity contribution >= 4 is 7.60 Å². The largest absolute Gasteiger partial charge is 0.525 e. The molecule has 0 aromatic heterocycles. The second-order valence-corrected chi connectivity index (χ2v) is 4.84. The first-order valence-corrected chi connectivity index (χ1v) is 5.58. The molecule has 0 aromatic rings. The van der Waals surface area contributed by atoms with Gasteiger partial charge in [-0.05, 0) is 5.60 Å². The van der Waals surface area contributed by atoms with E-state index in [1.807, 2.05) is 0 Å². The van der Waals surface area contributed by atoms with Gasteiger partial charge in [0.2, 0.25) is 0 Å². The Bertz CT molecular complexity index is 252. The van der Waals surface area contributed by atoms with Crippen LogP contribution in [0.3, 0.4) is 0 Å². The second kappa shape index (κ2) is 5.59. The van der Waals surface area contributed by atoms with E-state index in [4.69, 9.17) is 9.79 Å². The third kappa shape index (κ3) is 4.82. The van der Waals surface area contributed by atoms with E-state index in [1.54, 1.807) is 0 Å². The number of hydrogen-bond acceptors (Lipinski definition) is 5. The Morgan fingerprint density at radius 1 is 1.60 bits per heavy atom. The fourth-order valence-electron chi connectivity index (χ4n) is 0.925. The van der Waals surface area contributed by atoms with Gasteiger partial charge in [0.15, 0.2) is 12.6 Å². The summed E-state index contributed by atoms with van der Waals surface area (Å²) in [6.45, 7) is 2.25. The first-order chi connectivity index (χ1) is 6.22. The van der Waals surface area contributed by atoms with E-state index >= 15 is 0 Å². The van der Waals surface area contributed by atoms with Gasteiger partial charge in [0.1, 0.15) is 6.10 Å². The summed E-state index contributed by atoms with van der Waals surface area (Å²) < 4.78 is 19.7. The van der Waals surface area contributed by atoms with Gasteiger partial charge in [0.25, 0.3) is 0 Å². The van der Waals surface area contributed by atoms with Gasteiger partial charge in [0.05, 0.1) is 0 Å². The Labute approximate surface area is 110 Å². The molecule has 0 radical (unpaired) electrons. The monoisotopic (exact) mass is 465 g/mol. The van der Waals surface area contributed by atoms with E-state index in [1.165, 1.54) is 6.92 Å². The summed E-state index contributed by atoms with van der Waals surface area (Å²) in [5.74, 6) is 0. The first kappa shape index (κ1) is 16.0. The zero-order valence-corrected chi connectivity index (χ0v) is 13.0. The van der Waals surface area contributed by atoms with Crippen molar-refractivity contribution in [1.82, 2.24) is 0 Å². The molecule has 1 heterocycles. The van der Waals surface area contributed by atoms with E-state index in [9.17, 15) is 14.8 Å². The summed E-state index contributed by atoms with van der Waals surface area (Å²) in [6, 6.07) is 0. The normalized spacial score (nSPS) is 36.3. The molecule has 1 aliphatic heterocycles. The molecule has 0 spiro atoms. The molecule has 7 nitrogen and oxygen atoms in total. The van der Waals surface area contributed by atoms with Crippen LogP contribution in [-0.4, -0.2) is 44.3 Å². The third-order valence-electron chi connectivity index (χ3n) is 1.70. The molecule has 1 fully saturated rings. The first-order valence-electron chi connectivity index (χ1n) is 3.79. The average Bonchev–Trinajstić information content (AvgIpc) is 2.24. The Kier molecular flexibility index (Phi) is 5.97. The van der Waals surface area contributed by atoms with Crippen LogP contribution in [0.5, 0.6) is 0 Å². The third-order valence-corrected chi connectivity index (χ3v) is 2.19. The predicted molar refractivity (Wildman–Crippen MR) is 43.8 cm³/mol. The smallest absolute Gasteiger partial charge is 0.351 e. The molecule has 1 aliphatic rings. The molecule has 0 aromatic carbocycles. The molecule has 3 atom stereocenters. The van der Waals surface area contributed by atoms with E-state index in [-0.39, 0.29) is 31.1 Å². The molecule has 1 unspecified atom stereocenters. The Morgan fingerprint density at radius 2 is 2.13 bits per heavy atom. The van der Waals surface area contributed by atoms with E-state index < -0.39 is 31.9 Å². The van der Waals surface area contributed by atoms with Gasteiger partial charge in [-0.15, -0.1) is 0 Å². The SMILES string of the molecule is C[C@]1(O)[CH-]O[C@H](OCP(=O)(O)O)C1O.[U]. The summed E-state index contributed by atoms with van der Waals surface area (Å²) in [6.07, 6.45) is -3.48. The van der Waals surface area contributed by atoms with Crippen LogP contribution in [-0.2, 0) is 14.0 Å². The molecule has 9 heteroatoms. The number of hydrogen-bond donors (Lipinski definition) is 4. The summed E-state index contributed by atoms with van der Waals surface area (Å²) in [4.78, 5) is 16.9. The van der Waals surface area contributed by atoms with Gasteiger partial charge in [-0.25, -0.2) is 0 Å². The molecule has 15 heavy (non-hydrogen) atoms. The van der Waals surface area contributed by atoms with Crippen LogP contribution in [0.1, 0.15) is 6.92 Å². The van der Waals surface area contributed by atoms with Gasteiger partial charge in [-0.1, -0.05) is 6.92 Å². The van der Waals surface area contributed by atoms with Crippen LogP contribution >= 0.6 is 7.60 Å². The molecule has 1 rings (SSSR count). The topological polar surface area (TPSA) is 116 Å². The van der Waals surface area contributed by atoms with Crippen molar-refractivity contribution in [2.24, 2.45) is 0 Å². The van der Waals surface area contributed by atoms with Crippen molar-refractivity contribution in [2.75, 3.05) is 6.35 Å². The predicted octanol–water partition coefficient (Wildman–Crippen LogP) is -1.23. The van der Waals surface area contributed by atoms with Gasteiger partial charge >= 0.3 is 7.60 Å². The Morgan fingerprint density at radius 3 is 2.47 bits per heavy atom. The minimum Gasteiger partial charge on any atom is -0.525 e. The van der Waals surface area contributed by atoms with Gasteiger partial charge < -0.3 is 29.5 Å². The van der Waals surface area contributed by atoms with Gasteiger partial charge in [-0.3, -0.25) is 4.57 Å². The molecule has 4 N–H and O–H groups in total. The Balaban J connectivity index is 0.00000196. The molecular formula is C6H12O7PU-. The van der Waals surface area contributed by atoms with Crippen molar-refractivity contribution < 1.29 is 65.2 Å². The quantitative estimate of drug-likeness (QED) is 0.305. The van der Waals surface area contributed by atoms with E-state index in [0.29, 0.717) is 0 Å². The molecular weight excluding hydrogens is 453 g/mol. The zero-order chi connectivity index (χ0) is 11.0. The zero-order valence-electron chi connectivity index (χ0n) is 7.90. The second-order valence-electron chi connectivity index (χ2n) is 3.25. The van der Waals surface area contributed by atoms with Crippen molar-refractivity contribution in [3.63, 3.8) is 0 Å². The van der Waals surface area contributed by atoms with E-state index in [2.05, 4.69) is 9.47 Å². The van der Waals surface area contributed by atoms with Crippen molar-refractivity contribution in [1.29, 1.82) is 0 Å². The van der Waals surface area contributed by atoms with Crippen LogP contribution < -0.4 is 0 Å². The molecule has 0 bridgehead atoms. The summed E-state index contributed by atoms with van der Waals surface area (Å²) >= 11 is 0. The van der Waals surface area contributed by atoms with Crippen molar-refractivity contribution in [2.45, 2.75) is 24.9 Å². The number of ether oxygens (including phenoxy) is 2. The molecule has 1 saturated heterocycles. The summed E-state index contributed by atoms with van der Waals surface area (Å²) in [5.41, 5.74) is -1.57. The van der Waals surface area contributed by atoms with Crippen LogP contribution in [0.15, 0.2) is 0 Å². The molecule has 0 aliphatic carbocycles. The maximum atomic E-state index is 10.4. The number of rotatable bonds is 3. The van der Waals surface area contributed by atoms with Crippen molar-refractivity contribution in [3.05, 3.63) is 6.61 Å². The minimum absolute atomic E-state index is 0. The van der Waals surface area contributed by atoms with Crippen LogP contribution in [0.25, 0.3) is 0 Å². The standard InChI is InChI=1S/C6H12O7P.U/c1-6(8)2-12-5(4(6)7)13-3-14(9,10)11;/h2,4-5,7-8H,3H2,1H3,(H2,9,10,11);/q-1;/t4?,5-,6+;/m1./s1. The fraction of sp³-hybridized carbons (Fsp3) is 0.833. The van der Waals surface area contributed by atoms with Gasteiger partial charge in [0, 0.05) is 31.1 Å². The fourth-order valence-corrected chi connectivity index (χ4v) is 1.27. The number of aliphatic hydroxyl groups is 2. The number of aliphatic hydroxyl groups excluding tert-OH is 1. The van der Waals surface area contributed by atoms with Crippen molar-refractivity contribution in [3.8, 4) is 0 Å². The van der Waals surface area contributed by atoms with Crippen LogP contribution in [0.4, 0.5) is 0 Å². The minimum atomic E-state index is -4.30.